The second kappa shape index (κ2) is 5.88. The van der Waals surface area contributed by atoms with Crippen LogP contribution < -0.4 is 10.5 Å². The lowest BCUT2D eigenvalue weighted by atomic mass is 9.99. The van der Waals surface area contributed by atoms with Crippen molar-refractivity contribution in [1.82, 2.24) is 13.9 Å². The summed E-state index contributed by atoms with van der Waals surface area (Å²) in [5, 5.41) is 0. The molecule has 3 aliphatic rings. The van der Waals surface area contributed by atoms with Gasteiger partial charge in [0.15, 0.2) is 0 Å². The van der Waals surface area contributed by atoms with E-state index in [9.17, 15) is 8.42 Å². The van der Waals surface area contributed by atoms with Crippen LogP contribution in [-0.4, -0.2) is 62.4 Å². The van der Waals surface area contributed by atoms with Gasteiger partial charge in [0, 0.05) is 38.3 Å². The summed E-state index contributed by atoms with van der Waals surface area (Å²) < 4.78 is 29.3. The van der Waals surface area contributed by atoms with Crippen LogP contribution in [0.5, 0.6) is 0 Å². The largest absolute Gasteiger partial charge is 0.330 e. The zero-order valence-electron chi connectivity index (χ0n) is 12.0. The average molecular weight is 302 g/mol. The molecule has 0 amide bonds. The van der Waals surface area contributed by atoms with Crippen LogP contribution >= 0.6 is 0 Å². The minimum absolute atomic E-state index is 0.0906. The average Bonchev–Trinajstić information content (AvgIpc) is 3.20. The van der Waals surface area contributed by atoms with E-state index in [0.29, 0.717) is 25.6 Å². The first kappa shape index (κ1) is 14.7. The molecule has 7 heteroatoms. The highest BCUT2D eigenvalue weighted by atomic mass is 32.2. The van der Waals surface area contributed by atoms with Gasteiger partial charge in [-0.05, 0) is 44.6 Å². The topological polar surface area (TPSA) is 78.7 Å². The molecular formula is C13H26N4O2S. The first-order valence-corrected chi connectivity index (χ1v) is 9.24. The molecule has 0 aromatic carbocycles. The van der Waals surface area contributed by atoms with Gasteiger partial charge in [-0.3, -0.25) is 4.90 Å². The summed E-state index contributed by atoms with van der Waals surface area (Å²) in [6.45, 7) is 3.79. The molecule has 1 unspecified atom stereocenters. The van der Waals surface area contributed by atoms with Crippen molar-refractivity contribution < 1.29 is 8.42 Å². The Morgan fingerprint density at radius 1 is 1.05 bits per heavy atom. The van der Waals surface area contributed by atoms with E-state index in [-0.39, 0.29) is 6.04 Å². The van der Waals surface area contributed by atoms with Crippen LogP contribution in [0.25, 0.3) is 0 Å². The lowest BCUT2D eigenvalue weighted by Crippen LogP contribution is -2.49. The van der Waals surface area contributed by atoms with Gasteiger partial charge in [-0.2, -0.15) is 17.4 Å². The quantitative estimate of drug-likeness (QED) is 0.733. The molecule has 2 aliphatic heterocycles. The standard InChI is InChI=1S/C13H26N4O2S/c14-9-11-3-7-17(8-4-11)20(18,19)15-12-5-6-16(10-12)13-1-2-13/h11-13,15H,1-10,14H2. The third-order valence-electron chi connectivity index (χ3n) is 4.85. The number of likely N-dealkylation sites (tertiary alicyclic amines) is 1. The number of nitrogens with two attached hydrogens (primary N) is 1. The molecule has 116 valence electrons. The van der Waals surface area contributed by atoms with Crippen molar-refractivity contribution in [1.29, 1.82) is 0 Å². The maximum absolute atomic E-state index is 12.4. The Labute approximate surface area is 121 Å². The molecular weight excluding hydrogens is 276 g/mol. The van der Waals surface area contributed by atoms with Crippen LogP contribution in [0.2, 0.25) is 0 Å². The fourth-order valence-electron chi connectivity index (χ4n) is 3.33. The number of nitrogens with one attached hydrogen (secondary N) is 1. The Bertz CT molecular complexity index is 430. The highest BCUT2D eigenvalue weighted by Gasteiger charge is 2.37. The fraction of sp³-hybridized carbons (Fsp3) is 1.00. The van der Waals surface area contributed by atoms with Crippen molar-refractivity contribution in [2.45, 2.75) is 44.2 Å². The van der Waals surface area contributed by atoms with Crippen LogP contribution in [0.15, 0.2) is 0 Å². The van der Waals surface area contributed by atoms with E-state index in [1.165, 1.54) is 12.8 Å². The van der Waals surface area contributed by atoms with E-state index in [2.05, 4.69) is 9.62 Å². The number of rotatable bonds is 5. The molecule has 2 heterocycles. The van der Waals surface area contributed by atoms with E-state index < -0.39 is 10.2 Å². The van der Waals surface area contributed by atoms with E-state index in [1.807, 2.05) is 0 Å². The van der Waals surface area contributed by atoms with E-state index >= 15 is 0 Å². The van der Waals surface area contributed by atoms with E-state index in [0.717, 1.165) is 38.4 Å². The molecule has 20 heavy (non-hydrogen) atoms. The summed E-state index contributed by atoms with van der Waals surface area (Å²) in [6.07, 6.45) is 5.28. The molecule has 0 bridgehead atoms. The van der Waals surface area contributed by atoms with Crippen LogP contribution in [-0.2, 0) is 10.2 Å². The van der Waals surface area contributed by atoms with Crippen molar-refractivity contribution in [3.8, 4) is 0 Å². The van der Waals surface area contributed by atoms with Gasteiger partial charge in [0.1, 0.15) is 0 Å². The molecule has 2 saturated heterocycles. The summed E-state index contributed by atoms with van der Waals surface area (Å²) in [7, 11) is -3.31. The van der Waals surface area contributed by atoms with E-state index in [4.69, 9.17) is 5.73 Å². The first-order valence-electron chi connectivity index (χ1n) is 7.80. The van der Waals surface area contributed by atoms with Crippen molar-refractivity contribution in [2.24, 2.45) is 11.7 Å². The Morgan fingerprint density at radius 2 is 1.75 bits per heavy atom. The second-order valence-electron chi connectivity index (χ2n) is 6.41. The molecule has 1 saturated carbocycles. The Morgan fingerprint density at radius 3 is 2.35 bits per heavy atom. The van der Waals surface area contributed by atoms with Crippen LogP contribution in [0, 0.1) is 5.92 Å². The zero-order valence-corrected chi connectivity index (χ0v) is 12.8. The number of piperidine rings is 1. The van der Waals surface area contributed by atoms with Crippen molar-refractivity contribution in [3.63, 3.8) is 0 Å². The van der Waals surface area contributed by atoms with Crippen molar-refractivity contribution in [3.05, 3.63) is 0 Å². The number of hydrogen-bond donors (Lipinski definition) is 2. The molecule has 0 radical (unpaired) electrons. The van der Waals surface area contributed by atoms with Gasteiger partial charge in [-0.1, -0.05) is 0 Å². The van der Waals surface area contributed by atoms with Gasteiger partial charge in [-0.25, -0.2) is 0 Å². The normalized spacial score (nSPS) is 30.9. The Balaban J connectivity index is 1.51. The van der Waals surface area contributed by atoms with Gasteiger partial charge in [0.2, 0.25) is 0 Å². The monoisotopic (exact) mass is 302 g/mol. The first-order chi connectivity index (χ1) is 9.58. The van der Waals surface area contributed by atoms with E-state index in [1.54, 1.807) is 4.31 Å². The minimum atomic E-state index is -3.31. The maximum Gasteiger partial charge on any atom is 0.279 e. The second-order valence-corrected chi connectivity index (χ2v) is 8.11. The summed E-state index contributed by atoms with van der Waals surface area (Å²) >= 11 is 0. The van der Waals surface area contributed by atoms with Crippen LogP contribution in [0.3, 0.4) is 0 Å². The smallest absolute Gasteiger partial charge is 0.279 e. The molecule has 1 atom stereocenters. The maximum atomic E-state index is 12.4. The van der Waals surface area contributed by atoms with Crippen LogP contribution in [0.4, 0.5) is 0 Å². The van der Waals surface area contributed by atoms with Crippen molar-refractivity contribution >= 4 is 10.2 Å². The molecule has 3 fully saturated rings. The molecule has 0 aromatic heterocycles. The molecule has 0 spiro atoms. The Kier molecular flexibility index (Phi) is 4.33. The summed E-state index contributed by atoms with van der Waals surface area (Å²) in [5.74, 6) is 0.485. The minimum Gasteiger partial charge on any atom is -0.330 e. The summed E-state index contributed by atoms with van der Waals surface area (Å²) in [4.78, 5) is 2.42. The number of nitrogens with zero attached hydrogens (tertiary/aromatic N) is 2. The van der Waals surface area contributed by atoms with Gasteiger partial charge >= 0.3 is 0 Å². The fourth-order valence-corrected chi connectivity index (χ4v) is 4.78. The zero-order chi connectivity index (χ0) is 14.2. The predicted octanol–water partition coefficient (Wildman–Crippen LogP) is -0.272. The lowest BCUT2D eigenvalue weighted by molar-refractivity contribution is 0.273. The lowest BCUT2D eigenvalue weighted by Gasteiger charge is -2.31. The Hall–Kier alpha value is -0.210. The highest BCUT2D eigenvalue weighted by molar-refractivity contribution is 7.87. The third-order valence-corrected chi connectivity index (χ3v) is 6.52. The SMILES string of the molecule is NCC1CCN(S(=O)(=O)NC2CCN(C3CC3)C2)CC1. The van der Waals surface area contributed by atoms with Gasteiger partial charge < -0.3 is 5.73 Å². The molecule has 3 N–H and O–H groups in total. The summed E-state index contributed by atoms with van der Waals surface area (Å²) in [5.41, 5.74) is 5.65. The predicted molar refractivity (Wildman–Crippen MR) is 78.4 cm³/mol. The highest BCUT2D eigenvalue weighted by Crippen LogP contribution is 2.30. The summed E-state index contributed by atoms with van der Waals surface area (Å²) in [6, 6.07) is 0.817. The van der Waals surface area contributed by atoms with Crippen LogP contribution in [0.1, 0.15) is 32.1 Å². The molecule has 1 aliphatic carbocycles. The van der Waals surface area contributed by atoms with Gasteiger partial charge in [0.25, 0.3) is 10.2 Å². The molecule has 0 aromatic rings. The number of hydrogen-bond acceptors (Lipinski definition) is 4. The third kappa shape index (κ3) is 3.33. The molecule has 3 rings (SSSR count). The van der Waals surface area contributed by atoms with Gasteiger partial charge in [-0.15, -0.1) is 0 Å². The van der Waals surface area contributed by atoms with Crippen molar-refractivity contribution in [2.75, 3.05) is 32.7 Å². The molecule has 6 nitrogen and oxygen atoms in total. The van der Waals surface area contributed by atoms with Gasteiger partial charge in [0.05, 0.1) is 0 Å².